The summed E-state index contributed by atoms with van der Waals surface area (Å²) in [6.07, 6.45) is 6.69. The van der Waals surface area contributed by atoms with E-state index in [4.69, 9.17) is 14.2 Å². The maximum Gasteiger partial charge on any atom is 0.265 e. The van der Waals surface area contributed by atoms with E-state index in [-0.39, 0.29) is 29.0 Å². The van der Waals surface area contributed by atoms with Crippen LogP contribution in [-0.2, 0) is 23.2 Å². The first-order valence-electron chi connectivity index (χ1n) is 18.8. The summed E-state index contributed by atoms with van der Waals surface area (Å²) in [6, 6.07) is 13.6. The van der Waals surface area contributed by atoms with Crippen LogP contribution in [0, 0.1) is 25.2 Å². The fraction of sp³-hybridized carbons (Fsp3) is 0.405. The standard InChI is InChI=1S/C42H49N7O6S/c1-28-29(2)41(51)46(3)25-34(28)31-21-37(53-4)35(38(22-31)54-5)26-47-14-16-48(17-15-47)27-39(50)44-11-18-55-33-9-6-8-30(20-33)36-10-7-13-49(36)42(52)32(24-43)23-40-45-12-19-56-40/h6,8-9,12,19-23,25,36H,7,10-11,13-18,26-27H2,1-5H3,(H,44,50). The van der Waals surface area contributed by atoms with Gasteiger partial charge in [0.2, 0.25) is 5.91 Å². The molecule has 1 N–H and O–H groups in total. The maximum absolute atomic E-state index is 13.3. The number of pyridine rings is 1. The third kappa shape index (κ3) is 9.30. The Morgan fingerprint density at radius 3 is 2.45 bits per heavy atom. The molecular weight excluding hydrogens is 731 g/mol. The van der Waals surface area contributed by atoms with E-state index in [2.05, 4.69) is 26.2 Å². The van der Waals surface area contributed by atoms with E-state index in [1.807, 2.05) is 61.8 Å². The Balaban J connectivity index is 0.963. The average Bonchev–Trinajstić information content (AvgIpc) is 3.93. The Bertz CT molecular complexity index is 2140. The van der Waals surface area contributed by atoms with Crippen molar-refractivity contribution in [2.75, 3.05) is 66.6 Å². The minimum atomic E-state index is -0.295. The Morgan fingerprint density at radius 2 is 1.77 bits per heavy atom. The zero-order chi connectivity index (χ0) is 39.8. The van der Waals surface area contributed by atoms with Crippen LogP contribution in [0.5, 0.6) is 17.2 Å². The second-order valence-corrected chi connectivity index (χ2v) is 15.0. The first kappa shape index (κ1) is 40.2. The van der Waals surface area contributed by atoms with Gasteiger partial charge in [0.05, 0.1) is 38.9 Å². The van der Waals surface area contributed by atoms with Crippen molar-refractivity contribution in [3.63, 3.8) is 0 Å². The highest BCUT2D eigenvalue weighted by molar-refractivity contribution is 7.10. The van der Waals surface area contributed by atoms with Crippen LogP contribution in [0.3, 0.4) is 0 Å². The summed E-state index contributed by atoms with van der Waals surface area (Å²) in [7, 11) is 5.08. The van der Waals surface area contributed by atoms with Crippen molar-refractivity contribution in [1.29, 1.82) is 5.26 Å². The quantitative estimate of drug-likeness (QED) is 0.109. The zero-order valence-electron chi connectivity index (χ0n) is 32.7. The molecule has 2 aliphatic heterocycles. The predicted molar refractivity (Wildman–Crippen MR) is 216 cm³/mol. The fourth-order valence-electron chi connectivity index (χ4n) is 7.40. The molecule has 4 aromatic rings. The number of thiazole rings is 1. The summed E-state index contributed by atoms with van der Waals surface area (Å²) in [4.78, 5) is 49.1. The van der Waals surface area contributed by atoms with Gasteiger partial charge >= 0.3 is 0 Å². The van der Waals surface area contributed by atoms with Gasteiger partial charge in [-0.25, -0.2) is 4.98 Å². The van der Waals surface area contributed by atoms with Crippen molar-refractivity contribution in [1.82, 2.24) is 29.6 Å². The molecule has 2 aliphatic rings. The maximum atomic E-state index is 13.3. The van der Waals surface area contributed by atoms with Crippen LogP contribution in [0.1, 0.15) is 46.1 Å². The number of ether oxygens (including phenoxy) is 3. The third-order valence-electron chi connectivity index (χ3n) is 10.6. The summed E-state index contributed by atoms with van der Waals surface area (Å²) in [5.41, 5.74) is 5.48. The Kier molecular flexibility index (Phi) is 13.2. The molecule has 13 nitrogen and oxygen atoms in total. The second-order valence-electron chi connectivity index (χ2n) is 14.1. The molecule has 2 fully saturated rings. The monoisotopic (exact) mass is 779 g/mol. The summed E-state index contributed by atoms with van der Waals surface area (Å²) in [5, 5.41) is 15.1. The average molecular weight is 780 g/mol. The van der Waals surface area contributed by atoms with Gasteiger partial charge in [0.15, 0.2) is 0 Å². The van der Waals surface area contributed by atoms with Gasteiger partial charge in [0, 0.05) is 75.2 Å². The highest BCUT2D eigenvalue weighted by atomic mass is 32.1. The summed E-state index contributed by atoms with van der Waals surface area (Å²) in [5.74, 6) is 1.75. The molecule has 294 valence electrons. The van der Waals surface area contributed by atoms with Crippen LogP contribution < -0.4 is 25.1 Å². The van der Waals surface area contributed by atoms with Crippen molar-refractivity contribution in [2.24, 2.45) is 7.05 Å². The van der Waals surface area contributed by atoms with Gasteiger partial charge in [-0.3, -0.25) is 24.2 Å². The van der Waals surface area contributed by atoms with Gasteiger partial charge in [-0.15, -0.1) is 11.3 Å². The van der Waals surface area contributed by atoms with Crippen LogP contribution in [0.4, 0.5) is 0 Å². The molecule has 2 amide bonds. The number of nitriles is 1. The molecule has 1 unspecified atom stereocenters. The molecule has 2 saturated heterocycles. The molecule has 2 aromatic heterocycles. The topological polar surface area (TPSA) is 142 Å². The molecule has 0 aliphatic carbocycles. The van der Waals surface area contributed by atoms with Gasteiger partial charge in [0.1, 0.15) is 40.5 Å². The lowest BCUT2D eigenvalue weighted by molar-refractivity contribution is -0.127. The molecule has 0 spiro atoms. The predicted octanol–water partition coefficient (Wildman–Crippen LogP) is 4.73. The number of rotatable bonds is 14. The van der Waals surface area contributed by atoms with Gasteiger partial charge in [-0.2, -0.15) is 5.26 Å². The number of amides is 2. The lowest BCUT2D eigenvalue weighted by atomic mass is 9.97. The van der Waals surface area contributed by atoms with Crippen LogP contribution in [0.2, 0.25) is 0 Å². The van der Waals surface area contributed by atoms with E-state index in [0.717, 1.165) is 78.3 Å². The SMILES string of the molecule is COc1cc(-c2cn(C)c(=O)c(C)c2C)cc(OC)c1CN1CCN(CC(=O)NCCOc2cccc(C3CCCN3C(=O)C(C#N)=Cc3nccs3)c2)CC1. The number of carbonyl (C=O) groups is 2. The molecule has 6 rings (SSSR count). The molecule has 0 saturated carbocycles. The highest BCUT2D eigenvalue weighted by Gasteiger charge is 2.32. The van der Waals surface area contributed by atoms with E-state index in [1.165, 1.54) is 11.3 Å². The van der Waals surface area contributed by atoms with Gasteiger partial charge in [-0.1, -0.05) is 12.1 Å². The number of piperazine rings is 1. The van der Waals surface area contributed by atoms with Gasteiger partial charge in [0.25, 0.3) is 11.5 Å². The smallest absolute Gasteiger partial charge is 0.265 e. The van der Waals surface area contributed by atoms with Crippen molar-refractivity contribution < 1.29 is 23.8 Å². The molecule has 1 atom stereocenters. The first-order valence-corrected chi connectivity index (χ1v) is 19.7. The first-order chi connectivity index (χ1) is 27.1. The Labute approximate surface area is 331 Å². The number of carbonyl (C=O) groups excluding carboxylic acids is 2. The van der Waals surface area contributed by atoms with Gasteiger partial charge in [-0.05, 0) is 73.7 Å². The molecule has 0 bridgehead atoms. The van der Waals surface area contributed by atoms with Crippen molar-refractivity contribution in [2.45, 2.75) is 39.3 Å². The number of nitrogens with zero attached hydrogens (tertiary/aromatic N) is 6. The zero-order valence-corrected chi connectivity index (χ0v) is 33.5. The lowest BCUT2D eigenvalue weighted by Crippen LogP contribution is -2.49. The van der Waals surface area contributed by atoms with E-state index >= 15 is 0 Å². The number of aromatic nitrogens is 2. The normalized spacial score (nSPS) is 16.4. The number of benzene rings is 2. The molecule has 4 heterocycles. The number of methoxy groups -OCH3 is 2. The molecular formula is C42H49N7O6S. The summed E-state index contributed by atoms with van der Waals surface area (Å²) >= 11 is 1.38. The minimum absolute atomic E-state index is 0.0109. The number of likely N-dealkylation sites (tertiary alicyclic amines) is 1. The molecule has 56 heavy (non-hydrogen) atoms. The van der Waals surface area contributed by atoms with Crippen molar-refractivity contribution in [3.8, 4) is 34.4 Å². The van der Waals surface area contributed by atoms with Crippen molar-refractivity contribution >= 4 is 29.2 Å². The van der Waals surface area contributed by atoms with Gasteiger partial charge < -0.3 is 29.0 Å². The number of hydrogen-bond donors (Lipinski definition) is 1. The van der Waals surface area contributed by atoms with Crippen LogP contribution in [-0.4, -0.2) is 103 Å². The Morgan fingerprint density at radius 1 is 1.04 bits per heavy atom. The number of nitrogens with one attached hydrogen (secondary N) is 1. The fourth-order valence-corrected chi connectivity index (χ4v) is 7.97. The summed E-state index contributed by atoms with van der Waals surface area (Å²) < 4.78 is 19.3. The number of aryl methyl sites for hydroxylation is 1. The van der Waals surface area contributed by atoms with E-state index < -0.39 is 0 Å². The van der Waals surface area contributed by atoms with E-state index in [9.17, 15) is 19.6 Å². The molecule has 14 heteroatoms. The van der Waals surface area contributed by atoms with E-state index in [1.54, 1.807) is 43.0 Å². The third-order valence-corrected chi connectivity index (χ3v) is 11.3. The van der Waals surface area contributed by atoms with Crippen LogP contribution in [0.15, 0.2) is 64.5 Å². The van der Waals surface area contributed by atoms with Crippen molar-refractivity contribution in [3.05, 3.63) is 97.4 Å². The van der Waals surface area contributed by atoms with E-state index in [0.29, 0.717) is 49.1 Å². The highest BCUT2D eigenvalue weighted by Crippen LogP contribution is 2.38. The largest absolute Gasteiger partial charge is 0.496 e. The van der Waals surface area contributed by atoms with Crippen LogP contribution in [0.25, 0.3) is 17.2 Å². The summed E-state index contributed by atoms with van der Waals surface area (Å²) in [6.45, 7) is 9.03. The molecule has 0 radical (unpaired) electrons. The molecule has 2 aromatic carbocycles. The second kappa shape index (κ2) is 18.4. The Hall–Kier alpha value is -5.49. The minimum Gasteiger partial charge on any atom is -0.496 e. The number of hydrogen-bond acceptors (Lipinski definition) is 11. The lowest BCUT2D eigenvalue weighted by Gasteiger charge is -2.34. The van der Waals surface area contributed by atoms with Crippen LogP contribution >= 0.6 is 11.3 Å².